The summed E-state index contributed by atoms with van der Waals surface area (Å²) in [7, 11) is 0. The van der Waals surface area contributed by atoms with Crippen molar-refractivity contribution < 1.29 is 33.8 Å². The number of amides is 3. The van der Waals surface area contributed by atoms with Crippen molar-refractivity contribution in [2.75, 3.05) is 6.54 Å². The van der Waals surface area contributed by atoms with Crippen LogP contribution in [0.5, 0.6) is 0 Å². The van der Waals surface area contributed by atoms with Gasteiger partial charge < -0.3 is 30.5 Å². The van der Waals surface area contributed by atoms with Crippen LogP contribution in [0.2, 0.25) is 0 Å². The first-order valence-electron chi connectivity index (χ1n) is 11.0. The molecule has 4 N–H and O–H groups in total. The van der Waals surface area contributed by atoms with E-state index in [1.807, 2.05) is 12.1 Å². The standard InChI is InChI=1S/C25H31N3O7/c1-25(2,3)35-23(32)26-15-20(22(30)31)27-21(29)19(14-17-10-6-4-7-11-17)28-24(33)34-16-18-12-8-5-9-13-18/h4-13,19-20H,14-16H2,1-3H3,(H,26,32)(H,27,29)(H,28,33)(H,30,31)/t19-,20-/m0/s1. The summed E-state index contributed by atoms with van der Waals surface area (Å²) in [6.45, 7) is 4.59. The highest BCUT2D eigenvalue weighted by atomic mass is 16.6. The number of hydrogen-bond acceptors (Lipinski definition) is 6. The minimum absolute atomic E-state index is 0.00388. The van der Waals surface area contributed by atoms with Gasteiger partial charge in [-0.3, -0.25) is 4.79 Å². The zero-order valence-corrected chi connectivity index (χ0v) is 19.9. The number of ether oxygens (including phenoxy) is 2. The lowest BCUT2D eigenvalue weighted by Crippen LogP contribution is -2.55. The van der Waals surface area contributed by atoms with E-state index >= 15 is 0 Å². The normalized spacial score (nSPS) is 12.5. The molecule has 0 bridgehead atoms. The maximum absolute atomic E-state index is 13.0. The van der Waals surface area contributed by atoms with Crippen molar-refractivity contribution in [1.82, 2.24) is 16.0 Å². The Morgan fingerprint density at radius 1 is 0.829 bits per heavy atom. The summed E-state index contributed by atoms with van der Waals surface area (Å²) in [5.41, 5.74) is 0.747. The molecule has 0 aliphatic heterocycles. The number of hydrogen-bond donors (Lipinski definition) is 4. The number of carbonyl (C=O) groups excluding carboxylic acids is 3. The number of alkyl carbamates (subject to hydrolysis) is 2. The molecule has 0 saturated heterocycles. The molecule has 0 aliphatic carbocycles. The third-order valence-corrected chi connectivity index (χ3v) is 4.57. The van der Waals surface area contributed by atoms with E-state index in [1.54, 1.807) is 69.3 Å². The van der Waals surface area contributed by atoms with Crippen LogP contribution in [-0.4, -0.2) is 53.4 Å². The molecule has 0 aromatic heterocycles. The molecule has 2 aromatic carbocycles. The molecule has 0 fully saturated rings. The van der Waals surface area contributed by atoms with Crippen molar-refractivity contribution in [3.8, 4) is 0 Å². The zero-order valence-electron chi connectivity index (χ0n) is 19.9. The van der Waals surface area contributed by atoms with E-state index in [9.17, 15) is 24.3 Å². The summed E-state index contributed by atoms with van der Waals surface area (Å²) in [6.07, 6.45) is -1.55. The Morgan fingerprint density at radius 3 is 1.94 bits per heavy atom. The Kier molecular flexibility index (Phi) is 10.1. The molecule has 10 heteroatoms. The summed E-state index contributed by atoms with van der Waals surface area (Å²) < 4.78 is 10.3. The minimum Gasteiger partial charge on any atom is -0.480 e. The van der Waals surface area contributed by atoms with E-state index in [0.29, 0.717) is 0 Å². The fourth-order valence-electron chi connectivity index (χ4n) is 2.94. The SMILES string of the molecule is CC(C)(C)OC(=O)NC[C@H](NC(=O)[C@H](Cc1ccccc1)NC(=O)OCc1ccccc1)C(=O)O. The summed E-state index contributed by atoms with van der Waals surface area (Å²) in [6, 6.07) is 15.4. The number of carboxylic acids is 1. The molecule has 2 atom stereocenters. The van der Waals surface area contributed by atoms with Gasteiger partial charge in [-0.2, -0.15) is 0 Å². The van der Waals surface area contributed by atoms with Crippen LogP contribution in [0.15, 0.2) is 60.7 Å². The van der Waals surface area contributed by atoms with Crippen LogP contribution in [0.3, 0.4) is 0 Å². The second kappa shape index (κ2) is 13.0. The van der Waals surface area contributed by atoms with Crippen LogP contribution in [0.25, 0.3) is 0 Å². The summed E-state index contributed by atoms with van der Waals surface area (Å²) in [5.74, 6) is -2.11. The van der Waals surface area contributed by atoms with Gasteiger partial charge in [-0.05, 0) is 31.9 Å². The first-order valence-corrected chi connectivity index (χ1v) is 11.0. The number of carboxylic acid groups (broad SMARTS) is 1. The summed E-state index contributed by atoms with van der Waals surface area (Å²) in [5, 5.41) is 16.7. The van der Waals surface area contributed by atoms with Gasteiger partial charge in [0.2, 0.25) is 5.91 Å². The monoisotopic (exact) mass is 485 g/mol. The van der Waals surface area contributed by atoms with Crippen molar-refractivity contribution in [3.05, 3.63) is 71.8 Å². The highest BCUT2D eigenvalue weighted by molar-refractivity contribution is 5.89. The zero-order chi connectivity index (χ0) is 25.8. The van der Waals surface area contributed by atoms with Crippen LogP contribution in [0.4, 0.5) is 9.59 Å². The maximum atomic E-state index is 13.0. The Balaban J connectivity index is 2.04. The molecule has 0 unspecified atom stereocenters. The highest BCUT2D eigenvalue weighted by Gasteiger charge is 2.28. The average Bonchev–Trinajstić information content (AvgIpc) is 2.80. The average molecular weight is 486 g/mol. The Bertz CT molecular complexity index is 991. The third kappa shape index (κ3) is 10.6. The van der Waals surface area contributed by atoms with E-state index in [0.717, 1.165) is 11.1 Å². The summed E-state index contributed by atoms with van der Waals surface area (Å²) >= 11 is 0. The lowest BCUT2D eigenvalue weighted by molar-refractivity contribution is -0.141. The second-order valence-electron chi connectivity index (χ2n) is 8.73. The predicted molar refractivity (Wildman–Crippen MR) is 127 cm³/mol. The fraction of sp³-hybridized carbons (Fsp3) is 0.360. The van der Waals surface area contributed by atoms with E-state index < -0.39 is 48.3 Å². The van der Waals surface area contributed by atoms with Crippen LogP contribution >= 0.6 is 0 Å². The lowest BCUT2D eigenvalue weighted by atomic mass is 10.0. The second-order valence-corrected chi connectivity index (χ2v) is 8.73. The highest BCUT2D eigenvalue weighted by Crippen LogP contribution is 2.07. The van der Waals surface area contributed by atoms with Crippen molar-refractivity contribution in [2.45, 2.75) is 51.5 Å². The Morgan fingerprint density at radius 2 is 1.40 bits per heavy atom. The molecule has 0 aliphatic rings. The van der Waals surface area contributed by atoms with Crippen molar-refractivity contribution >= 4 is 24.1 Å². The number of rotatable bonds is 10. The number of carbonyl (C=O) groups is 4. The van der Waals surface area contributed by atoms with Crippen LogP contribution in [0.1, 0.15) is 31.9 Å². The molecule has 0 radical (unpaired) electrons. The number of aliphatic carboxylic acids is 1. The van der Waals surface area contributed by atoms with Crippen molar-refractivity contribution in [2.24, 2.45) is 0 Å². The van der Waals surface area contributed by atoms with E-state index in [-0.39, 0.29) is 13.0 Å². The van der Waals surface area contributed by atoms with Gasteiger partial charge in [-0.15, -0.1) is 0 Å². The first-order chi connectivity index (χ1) is 16.5. The molecule has 2 aromatic rings. The van der Waals surface area contributed by atoms with Crippen molar-refractivity contribution in [3.63, 3.8) is 0 Å². The molecule has 3 amide bonds. The Hall–Kier alpha value is -4.08. The van der Waals surface area contributed by atoms with Crippen LogP contribution < -0.4 is 16.0 Å². The molecule has 0 spiro atoms. The number of benzene rings is 2. The molecule has 35 heavy (non-hydrogen) atoms. The topological polar surface area (TPSA) is 143 Å². The van der Waals surface area contributed by atoms with Gasteiger partial charge in [-0.1, -0.05) is 60.7 Å². The molecular formula is C25H31N3O7. The van der Waals surface area contributed by atoms with E-state index in [2.05, 4.69) is 16.0 Å². The first kappa shape index (κ1) is 27.2. The van der Waals surface area contributed by atoms with Gasteiger partial charge in [0.1, 0.15) is 24.3 Å². The minimum atomic E-state index is -1.45. The van der Waals surface area contributed by atoms with E-state index in [4.69, 9.17) is 9.47 Å². The van der Waals surface area contributed by atoms with Gasteiger partial charge in [0.05, 0.1) is 6.54 Å². The molecule has 188 valence electrons. The van der Waals surface area contributed by atoms with Crippen LogP contribution in [-0.2, 0) is 32.1 Å². The summed E-state index contributed by atoms with van der Waals surface area (Å²) in [4.78, 5) is 48.9. The molecule has 2 rings (SSSR count). The molecule has 10 nitrogen and oxygen atoms in total. The molecule has 0 heterocycles. The van der Waals surface area contributed by atoms with Crippen LogP contribution in [0, 0.1) is 0 Å². The molecule has 0 saturated carbocycles. The largest absolute Gasteiger partial charge is 0.480 e. The van der Waals surface area contributed by atoms with Gasteiger partial charge in [0.15, 0.2) is 0 Å². The quantitative estimate of drug-likeness (QED) is 0.405. The Labute approximate surface area is 204 Å². The van der Waals surface area contributed by atoms with E-state index in [1.165, 1.54) is 0 Å². The van der Waals surface area contributed by atoms with Gasteiger partial charge >= 0.3 is 18.2 Å². The third-order valence-electron chi connectivity index (χ3n) is 4.57. The van der Waals surface area contributed by atoms with Gasteiger partial charge in [-0.25, -0.2) is 14.4 Å². The maximum Gasteiger partial charge on any atom is 0.408 e. The molecular weight excluding hydrogens is 454 g/mol. The number of nitrogens with one attached hydrogen (secondary N) is 3. The van der Waals surface area contributed by atoms with Gasteiger partial charge in [0, 0.05) is 6.42 Å². The lowest BCUT2D eigenvalue weighted by Gasteiger charge is -2.23. The van der Waals surface area contributed by atoms with Crippen molar-refractivity contribution in [1.29, 1.82) is 0 Å². The predicted octanol–water partition coefficient (Wildman–Crippen LogP) is 2.62. The van der Waals surface area contributed by atoms with Gasteiger partial charge in [0.25, 0.3) is 0 Å². The smallest absolute Gasteiger partial charge is 0.408 e. The fourth-order valence-corrected chi connectivity index (χ4v) is 2.94.